The second-order valence-electron chi connectivity index (χ2n) is 5.42. The first-order valence-electron chi connectivity index (χ1n) is 6.50. The summed E-state index contributed by atoms with van der Waals surface area (Å²) in [5.74, 6) is 2.60. The molecule has 2 nitrogen and oxygen atoms in total. The van der Waals surface area contributed by atoms with Crippen LogP contribution in [-0.2, 0) is 9.53 Å². The van der Waals surface area contributed by atoms with Crippen LogP contribution in [0.25, 0.3) is 0 Å². The number of carbonyl (C=O) groups excluding carboxylic acids is 1. The molecule has 3 fully saturated rings. The quantitative estimate of drug-likeness (QED) is 0.709. The molecule has 3 aliphatic rings. The van der Waals surface area contributed by atoms with Gasteiger partial charge in [-0.25, -0.2) is 0 Å². The lowest BCUT2D eigenvalue weighted by atomic mass is 10.0. The molecular formula is C13H20O2. The van der Waals surface area contributed by atoms with Crippen LogP contribution in [0, 0.1) is 17.8 Å². The third-order valence-corrected chi connectivity index (χ3v) is 4.52. The number of hydrogen-bond acceptors (Lipinski definition) is 2. The van der Waals surface area contributed by atoms with Crippen molar-refractivity contribution in [1.82, 2.24) is 0 Å². The van der Waals surface area contributed by atoms with E-state index in [0.29, 0.717) is 17.8 Å². The first-order chi connectivity index (χ1) is 7.36. The van der Waals surface area contributed by atoms with Gasteiger partial charge in [-0.1, -0.05) is 6.42 Å². The summed E-state index contributed by atoms with van der Waals surface area (Å²) in [7, 11) is 0. The van der Waals surface area contributed by atoms with Crippen LogP contribution in [0.3, 0.4) is 0 Å². The van der Waals surface area contributed by atoms with Crippen LogP contribution in [0.1, 0.15) is 44.9 Å². The summed E-state index contributed by atoms with van der Waals surface area (Å²) in [6.45, 7) is 0.910. The minimum atomic E-state index is 0.396. The summed E-state index contributed by atoms with van der Waals surface area (Å²) in [5.41, 5.74) is 0. The number of ether oxygens (including phenoxy) is 1. The Morgan fingerprint density at radius 2 is 1.93 bits per heavy atom. The second-order valence-corrected chi connectivity index (χ2v) is 5.42. The molecule has 0 spiro atoms. The van der Waals surface area contributed by atoms with E-state index in [1.165, 1.54) is 32.1 Å². The first-order valence-corrected chi connectivity index (χ1v) is 6.50. The van der Waals surface area contributed by atoms with Crippen LogP contribution in [-0.4, -0.2) is 18.5 Å². The van der Waals surface area contributed by atoms with Gasteiger partial charge in [0.25, 0.3) is 0 Å². The summed E-state index contributed by atoms with van der Waals surface area (Å²) in [6.07, 6.45) is 8.52. The molecule has 0 amide bonds. The van der Waals surface area contributed by atoms with Crippen LogP contribution in [0.2, 0.25) is 0 Å². The van der Waals surface area contributed by atoms with Crippen molar-refractivity contribution >= 4 is 5.78 Å². The number of rotatable bonds is 4. The van der Waals surface area contributed by atoms with Crippen molar-refractivity contribution in [2.45, 2.75) is 51.0 Å². The van der Waals surface area contributed by atoms with E-state index >= 15 is 0 Å². The summed E-state index contributed by atoms with van der Waals surface area (Å²) in [5, 5.41) is 0. The van der Waals surface area contributed by atoms with E-state index in [-0.39, 0.29) is 0 Å². The zero-order chi connectivity index (χ0) is 10.3. The van der Waals surface area contributed by atoms with E-state index < -0.39 is 0 Å². The molecule has 1 heterocycles. The van der Waals surface area contributed by atoms with E-state index in [0.717, 1.165) is 31.3 Å². The van der Waals surface area contributed by atoms with Crippen LogP contribution in [0.15, 0.2) is 0 Å². The Kier molecular flexibility index (Phi) is 2.55. The van der Waals surface area contributed by atoms with Crippen molar-refractivity contribution in [1.29, 1.82) is 0 Å². The van der Waals surface area contributed by atoms with Gasteiger partial charge in [-0.2, -0.15) is 0 Å². The molecule has 2 aliphatic carbocycles. The Bertz CT molecular complexity index is 245. The molecule has 0 bridgehead atoms. The zero-order valence-corrected chi connectivity index (χ0v) is 9.28. The molecule has 0 aromatic heterocycles. The monoisotopic (exact) mass is 208 g/mol. The number of hydrogen-bond donors (Lipinski definition) is 0. The van der Waals surface area contributed by atoms with Gasteiger partial charge in [0, 0.05) is 18.9 Å². The fourth-order valence-electron chi connectivity index (χ4n) is 3.64. The van der Waals surface area contributed by atoms with E-state index in [1.54, 1.807) is 0 Å². The van der Waals surface area contributed by atoms with Crippen molar-refractivity contribution in [3.05, 3.63) is 0 Å². The molecule has 1 aliphatic heterocycles. The third-order valence-electron chi connectivity index (χ3n) is 4.52. The van der Waals surface area contributed by atoms with Gasteiger partial charge >= 0.3 is 0 Å². The van der Waals surface area contributed by atoms with E-state index in [2.05, 4.69) is 0 Å². The zero-order valence-electron chi connectivity index (χ0n) is 9.28. The maximum Gasteiger partial charge on any atom is 0.136 e. The average Bonchev–Trinajstić information content (AvgIpc) is 2.72. The number of ketones is 1. The maximum atomic E-state index is 11.9. The highest BCUT2D eigenvalue weighted by Crippen LogP contribution is 2.58. The van der Waals surface area contributed by atoms with Gasteiger partial charge in [0.1, 0.15) is 5.78 Å². The molecular weight excluding hydrogens is 188 g/mol. The van der Waals surface area contributed by atoms with Crippen molar-refractivity contribution < 1.29 is 9.53 Å². The largest absolute Gasteiger partial charge is 0.378 e. The molecule has 0 aromatic carbocycles. The summed E-state index contributed by atoms with van der Waals surface area (Å²) in [4.78, 5) is 11.9. The summed E-state index contributed by atoms with van der Waals surface area (Å²) in [6, 6.07) is 0. The van der Waals surface area contributed by atoms with E-state index in [1.807, 2.05) is 0 Å². The van der Waals surface area contributed by atoms with Gasteiger partial charge in [-0.15, -0.1) is 0 Å². The van der Waals surface area contributed by atoms with Crippen LogP contribution in [0.5, 0.6) is 0 Å². The standard InChI is InChI=1S/C13H20O2/c14-12(7-6-9-3-2-8-15-9)13-10-4-1-5-11(10)13/h9-11,13H,1-8H2. The fraction of sp³-hybridized carbons (Fsp3) is 0.923. The molecule has 3 rings (SSSR count). The molecule has 2 saturated carbocycles. The molecule has 3 unspecified atom stereocenters. The molecule has 2 heteroatoms. The Hall–Kier alpha value is -0.370. The highest BCUT2D eigenvalue weighted by Gasteiger charge is 2.55. The van der Waals surface area contributed by atoms with Gasteiger partial charge in [0.05, 0.1) is 6.10 Å². The second kappa shape index (κ2) is 3.89. The Morgan fingerprint density at radius 3 is 2.60 bits per heavy atom. The minimum Gasteiger partial charge on any atom is -0.378 e. The molecule has 0 N–H and O–H groups in total. The van der Waals surface area contributed by atoms with Crippen molar-refractivity contribution in [2.75, 3.05) is 6.61 Å². The maximum absolute atomic E-state index is 11.9. The lowest BCUT2D eigenvalue weighted by Gasteiger charge is -2.08. The highest BCUT2D eigenvalue weighted by atomic mass is 16.5. The Balaban J connectivity index is 1.42. The smallest absolute Gasteiger partial charge is 0.136 e. The summed E-state index contributed by atoms with van der Waals surface area (Å²) < 4.78 is 5.55. The van der Waals surface area contributed by atoms with Gasteiger partial charge in [-0.3, -0.25) is 4.79 Å². The van der Waals surface area contributed by atoms with Gasteiger partial charge < -0.3 is 4.74 Å². The molecule has 1 saturated heterocycles. The SMILES string of the molecule is O=C(CCC1CCCO1)C1C2CCCC21. The lowest BCUT2D eigenvalue weighted by molar-refractivity contribution is -0.121. The van der Waals surface area contributed by atoms with Crippen LogP contribution < -0.4 is 0 Å². The molecule has 15 heavy (non-hydrogen) atoms. The van der Waals surface area contributed by atoms with Gasteiger partial charge in [0.15, 0.2) is 0 Å². The Labute approximate surface area is 91.4 Å². The predicted octanol–water partition coefficient (Wildman–Crippen LogP) is 2.56. The predicted molar refractivity (Wildman–Crippen MR) is 57.5 cm³/mol. The molecule has 84 valence electrons. The van der Waals surface area contributed by atoms with E-state index in [4.69, 9.17) is 4.74 Å². The number of Topliss-reactive ketones (excluding diaryl/α,β-unsaturated/α-hetero) is 1. The van der Waals surface area contributed by atoms with Crippen molar-refractivity contribution in [3.63, 3.8) is 0 Å². The normalized spacial score (nSPS) is 42.9. The molecule has 0 radical (unpaired) electrons. The Morgan fingerprint density at radius 1 is 1.13 bits per heavy atom. The van der Waals surface area contributed by atoms with Crippen molar-refractivity contribution in [3.8, 4) is 0 Å². The third kappa shape index (κ3) is 1.84. The topological polar surface area (TPSA) is 26.3 Å². The number of fused-ring (bicyclic) bond motifs is 1. The highest BCUT2D eigenvalue weighted by molar-refractivity contribution is 5.84. The number of carbonyl (C=O) groups is 1. The van der Waals surface area contributed by atoms with Crippen LogP contribution >= 0.6 is 0 Å². The van der Waals surface area contributed by atoms with Crippen LogP contribution in [0.4, 0.5) is 0 Å². The average molecular weight is 208 g/mol. The van der Waals surface area contributed by atoms with E-state index in [9.17, 15) is 4.79 Å². The lowest BCUT2D eigenvalue weighted by Crippen LogP contribution is -2.11. The first kappa shape index (κ1) is 9.83. The molecule has 0 aromatic rings. The van der Waals surface area contributed by atoms with Crippen molar-refractivity contribution in [2.24, 2.45) is 17.8 Å². The van der Waals surface area contributed by atoms with Gasteiger partial charge in [-0.05, 0) is 43.9 Å². The summed E-state index contributed by atoms with van der Waals surface area (Å²) >= 11 is 0. The molecule has 3 atom stereocenters. The fourth-order valence-corrected chi connectivity index (χ4v) is 3.64. The minimum absolute atomic E-state index is 0.396. The van der Waals surface area contributed by atoms with Gasteiger partial charge in [0.2, 0.25) is 0 Å².